The van der Waals surface area contributed by atoms with Crippen molar-refractivity contribution in [3.8, 4) is 0 Å². The third-order valence-electron chi connectivity index (χ3n) is 5.73. The Bertz CT molecular complexity index is 1050. The zero-order chi connectivity index (χ0) is 25.0. The Labute approximate surface area is 206 Å². The molecule has 0 fully saturated rings. The number of nitrogens with two attached hydrogens (primary N) is 1. The molecular formula is C27H34N4O4. The predicted molar refractivity (Wildman–Crippen MR) is 137 cm³/mol. The zero-order valence-corrected chi connectivity index (χ0v) is 20.4. The second kappa shape index (κ2) is 13.6. The molecule has 1 aromatic heterocycles. The molecule has 0 bridgehead atoms. The highest BCUT2D eigenvalue weighted by Crippen LogP contribution is 2.15. The standard InChI is InChI=1S/C27H34N4O4/c1-19(33-2)24(34-3)16-26(35-18-21-7-5-4-6-8-21)30-17-20-9-11-22(12-10-20)27(32)31-23-13-14-29-25(28)15-23/h4-15,19,24,26,30H,16-18H2,1-3H3,(H3,28,29,31,32). The largest absolute Gasteiger partial charge is 0.384 e. The average molecular weight is 479 g/mol. The van der Waals surface area contributed by atoms with Crippen LogP contribution in [0.25, 0.3) is 0 Å². The van der Waals surface area contributed by atoms with Gasteiger partial charge in [-0.25, -0.2) is 4.98 Å². The number of hydrogen-bond acceptors (Lipinski definition) is 7. The van der Waals surface area contributed by atoms with E-state index in [1.165, 1.54) is 0 Å². The summed E-state index contributed by atoms with van der Waals surface area (Å²) in [5.74, 6) is 0.138. The number of nitrogen functional groups attached to an aromatic ring is 1. The molecule has 3 unspecified atom stereocenters. The Kier molecular flexibility index (Phi) is 10.2. The molecule has 186 valence electrons. The molecule has 0 spiro atoms. The summed E-state index contributed by atoms with van der Waals surface area (Å²) in [6.45, 7) is 3.03. The van der Waals surface area contributed by atoms with Crippen LogP contribution in [0.5, 0.6) is 0 Å². The molecule has 3 aromatic rings. The van der Waals surface area contributed by atoms with Gasteiger partial charge in [-0.3, -0.25) is 10.1 Å². The number of ether oxygens (including phenoxy) is 3. The Balaban J connectivity index is 1.60. The fourth-order valence-corrected chi connectivity index (χ4v) is 3.56. The van der Waals surface area contributed by atoms with Crippen molar-refractivity contribution in [3.63, 3.8) is 0 Å². The molecule has 0 saturated carbocycles. The van der Waals surface area contributed by atoms with Crippen molar-refractivity contribution in [1.82, 2.24) is 10.3 Å². The number of methoxy groups -OCH3 is 2. The van der Waals surface area contributed by atoms with Gasteiger partial charge in [0.05, 0.1) is 18.8 Å². The van der Waals surface area contributed by atoms with Crippen molar-refractivity contribution < 1.29 is 19.0 Å². The molecule has 0 radical (unpaired) electrons. The fraction of sp³-hybridized carbons (Fsp3) is 0.333. The number of carbonyl (C=O) groups is 1. The van der Waals surface area contributed by atoms with Gasteiger partial charge in [0.1, 0.15) is 12.0 Å². The van der Waals surface area contributed by atoms with Gasteiger partial charge in [0, 0.05) is 50.7 Å². The molecule has 0 saturated heterocycles. The molecule has 1 heterocycles. The maximum Gasteiger partial charge on any atom is 0.255 e. The quantitative estimate of drug-likeness (QED) is 0.319. The summed E-state index contributed by atoms with van der Waals surface area (Å²) in [4.78, 5) is 16.5. The van der Waals surface area contributed by atoms with Gasteiger partial charge in [0.25, 0.3) is 5.91 Å². The lowest BCUT2D eigenvalue weighted by atomic mass is 10.1. The minimum Gasteiger partial charge on any atom is -0.384 e. The first kappa shape index (κ1) is 26.3. The first-order chi connectivity index (χ1) is 17.0. The fourth-order valence-electron chi connectivity index (χ4n) is 3.56. The Morgan fingerprint density at radius 3 is 2.40 bits per heavy atom. The van der Waals surface area contributed by atoms with Crippen LogP contribution in [0.15, 0.2) is 72.9 Å². The van der Waals surface area contributed by atoms with Crippen molar-refractivity contribution in [3.05, 3.63) is 89.6 Å². The van der Waals surface area contributed by atoms with E-state index in [4.69, 9.17) is 19.9 Å². The van der Waals surface area contributed by atoms with Gasteiger partial charge in [-0.1, -0.05) is 42.5 Å². The summed E-state index contributed by atoms with van der Waals surface area (Å²) >= 11 is 0. The molecule has 2 aromatic carbocycles. The Hall–Kier alpha value is -3.30. The van der Waals surface area contributed by atoms with E-state index in [9.17, 15) is 4.79 Å². The lowest BCUT2D eigenvalue weighted by Crippen LogP contribution is -2.39. The molecule has 0 aliphatic heterocycles. The van der Waals surface area contributed by atoms with E-state index in [1.54, 1.807) is 44.7 Å². The normalized spacial score (nSPS) is 13.7. The van der Waals surface area contributed by atoms with Gasteiger partial charge in [0.2, 0.25) is 0 Å². The molecule has 3 atom stereocenters. The second-order valence-electron chi connectivity index (χ2n) is 8.24. The summed E-state index contributed by atoms with van der Waals surface area (Å²) in [6.07, 6.45) is 1.73. The number of pyridine rings is 1. The van der Waals surface area contributed by atoms with Crippen molar-refractivity contribution in [1.29, 1.82) is 0 Å². The summed E-state index contributed by atoms with van der Waals surface area (Å²) in [6, 6.07) is 20.8. The number of benzene rings is 2. The number of hydrogen-bond donors (Lipinski definition) is 3. The molecule has 0 aliphatic rings. The number of nitrogens with one attached hydrogen (secondary N) is 2. The van der Waals surface area contributed by atoms with Crippen LogP contribution in [0.3, 0.4) is 0 Å². The molecule has 4 N–H and O–H groups in total. The van der Waals surface area contributed by atoms with Gasteiger partial charge in [0.15, 0.2) is 0 Å². The van der Waals surface area contributed by atoms with Gasteiger partial charge < -0.3 is 25.3 Å². The number of carbonyl (C=O) groups excluding carboxylic acids is 1. The maximum atomic E-state index is 12.5. The lowest BCUT2D eigenvalue weighted by molar-refractivity contribution is -0.0733. The number of anilines is 2. The van der Waals surface area contributed by atoms with Crippen LogP contribution in [0.2, 0.25) is 0 Å². The third kappa shape index (κ3) is 8.45. The van der Waals surface area contributed by atoms with Gasteiger partial charge in [-0.15, -0.1) is 0 Å². The highest BCUT2D eigenvalue weighted by Gasteiger charge is 2.22. The molecule has 1 amide bonds. The first-order valence-corrected chi connectivity index (χ1v) is 11.5. The van der Waals surface area contributed by atoms with Crippen LogP contribution >= 0.6 is 0 Å². The molecule has 8 heteroatoms. The van der Waals surface area contributed by atoms with Crippen molar-refractivity contribution in [2.45, 2.75) is 44.9 Å². The van der Waals surface area contributed by atoms with Crippen LogP contribution in [-0.2, 0) is 27.4 Å². The zero-order valence-electron chi connectivity index (χ0n) is 20.4. The van der Waals surface area contributed by atoms with E-state index in [0.29, 0.717) is 36.6 Å². The summed E-state index contributed by atoms with van der Waals surface area (Å²) in [5, 5.41) is 6.29. The number of rotatable bonds is 13. The van der Waals surface area contributed by atoms with Crippen molar-refractivity contribution in [2.75, 3.05) is 25.3 Å². The molecule has 0 aliphatic carbocycles. The third-order valence-corrected chi connectivity index (χ3v) is 5.73. The smallest absolute Gasteiger partial charge is 0.255 e. The van der Waals surface area contributed by atoms with Crippen LogP contribution in [-0.4, -0.2) is 43.5 Å². The van der Waals surface area contributed by atoms with E-state index in [1.807, 2.05) is 49.4 Å². The SMILES string of the molecule is COC(C)C(CC(NCc1ccc(C(=O)Nc2ccnc(N)c2)cc1)OCc1ccccc1)OC. The van der Waals surface area contributed by atoms with Crippen molar-refractivity contribution >= 4 is 17.4 Å². The van der Waals surface area contributed by atoms with Gasteiger partial charge >= 0.3 is 0 Å². The minimum absolute atomic E-state index is 0.0711. The Morgan fingerprint density at radius 1 is 1.00 bits per heavy atom. The van der Waals surface area contributed by atoms with E-state index in [0.717, 1.165) is 11.1 Å². The molecule has 3 rings (SSSR count). The predicted octanol–water partition coefficient (Wildman–Crippen LogP) is 3.99. The topological polar surface area (TPSA) is 108 Å². The van der Waals surface area contributed by atoms with E-state index >= 15 is 0 Å². The maximum absolute atomic E-state index is 12.5. The minimum atomic E-state index is -0.252. The Morgan fingerprint density at radius 2 is 1.74 bits per heavy atom. The summed E-state index contributed by atoms with van der Waals surface area (Å²) < 4.78 is 17.3. The first-order valence-electron chi connectivity index (χ1n) is 11.5. The van der Waals surface area contributed by atoms with Crippen LogP contribution < -0.4 is 16.4 Å². The van der Waals surface area contributed by atoms with Gasteiger partial charge in [-0.2, -0.15) is 0 Å². The number of aromatic nitrogens is 1. The highest BCUT2D eigenvalue weighted by atomic mass is 16.5. The van der Waals surface area contributed by atoms with E-state index in [2.05, 4.69) is 15.6 Å². The molecule has 35 heavy (non-hydrogen) atoms. The van der Waals surface area contributed by atoms with Crippen LogP contribution in [0.1, 0.15) is 34.8 Å². The number of amides is 1. The summed E-state index contributed by atoms with van der Waals surface area (Å²) in [5.41, 5.74) is 8.95. The number of nitrogens with zero attached hydrogens (tertiary/aromatic N) is 1. The average Bonchev–Trinajstić information content (AvgIpc) is 2.88. The van der Waals surface area contributed by atoms with Crippen LogP contribution in [0, 0.1) is 0 Å². The second-order valence-corrected chi connectivity index (χ2v) is 8.24. The molecular weight excluding hydrogens is 444 g/mol. The monoisotopic (exact) mass is 478 g/mol. The van der Waals surface area contributed by atoms with Crippen molar-refractivity contribution in [2.24, 2.45) is 0 Å². The van der Waals surface area contributed by atoms with Crippen LogP contribution in [0.4, 0.5) is 11.5 Å². The van der Waals surface area contributed by atoms with E-state index < -0.39 is 0 Å². The van der Waals surface area contributed by atoms with E-state index in [-0.39, 0.29) is 24.3 Å². The highest BCUT2D eigenvalue weighted by molar-refractivity contribution is 6.04. The molecule has 8 nitrogen and oxygen atoms in total. The lowest BCUT2D eigenvalue weighted by Gasteiger charge is -2.27. The van der Waals surface area contributed by atoms with Gasteiger partial charge in [-0.05, 0) is 36.2 Å². The summed E-state index contributed by atoms with van der Waals surface area (Å²) in [7, 11) is 3.35.